The minimum absolute atomic E-state index is 0.00501. The molecular weight excluding hydrogens is 418 g/mol. The van der Waals surface area contributed by atoms with Gasteiger partial charge in [0.15, 0.2) is 0 Å². The highest BCUT2D eigenvalue weighted by Gasteiger charge is 2.15. The molecule has 3 N–H and O–H groups in total. The first kappa shape index (κ1) is 22.6. The molecule has 29 heavy (non-hydrogen) atoms. The van der Waals surface area contributed by atoms with Crippen molar-refractivity contribution in [3.8, 4) is 11.8 Å². The van der Waals surface area contributed by atoms with Crippen LogP contribution in [0.2, 0.25) is 0 Å². The summed E-state index contributed by atoms with van der Waals surface area (Å²) in [5.41, 5.74) is 1.28. The number of nitrogens with zero attached hydrogens (tertiary/aromatic N) is 2. The quantitative estimate of drug-likeness (QED) is 0.396. The number of aromatic nitrogens is 2. The standard InChI is InChI=1S/C17H21N5O5S2/c1-25-13-8-14(26-2)20-16(19-13)21-17(24)22-29-12-7-10(9-18-28-4)5-6-11(12)15(23)27-3/h5-8,18H,9H2,1-4H3,(H2,19,20,21,22,24). The Kier molecular flexibility index (Phi) is 8.83. The third-order valence-corrected chi connectivity index (χ3v) is 4.73. The predicted octanol–water partition coefficient (Wildman–Crippen LogP) is 2.48. The molecule has 12 heteroatoms. The summed E-state index contributed by atoms with van der Waals surface area (Å²) in [6.45, 7) is 0.597. The first-order chi connectivity index (χ1) is 14.0. The minimum Gasteiger partial charge on any atom is -0.481 e. The van der Waals surface area contributed by atoms with Crippen LogP contribution in [0.5, 0.6) is 11.8 Å². The van der Waals surface area contributed by atoms with Crippen LogP contribution in [0.3, 0.4) is 0 Å². The number of esters is 1. The first-order valence-corrected chi connectivity index (χ1v) is 10.2. The van der Waals surface area contributed by atoms with Crippen molar-refractivity contribution in [3.63, 3.8) is 0 Å². The Balaban J connectivity index is 2.11. The van der Waals surface area contributed by atoms with Gasteiger partial charge in [0.25, 0.3) is 0 Å². The van der Waals surface area contributed by atoms with E-state index in [0.29, 0.717) is 17.0 Å². The van der Waals surface area contributed by atoms with Gasteiger partial charge >= 0.3 is 12.0 Å². The fourth-order valence-electron chi connectivity index (χ4n) is 2.09. The molecule has 0 unspecified atom stereocenters. The summed E-state index contributed by atoms with van der Waals surface area (Å²) in [6.07, 6.45) is 1.92. The van der Waals surface area contributed by atoms with Gasteiger partial charge in [-0.25, -0.2) is 9.59 Å². The number of urea groups is 1. The normalized spacial score (nSPS) is 10.2. The largest absolute Gasteiger partial charge is 0.481 e. The lowest BCUT2D eigenvalue weighted by Gasteiger charge is -2.11. The van der Waals surface area contributed by atoms with Crippen molar-refractivity contribution in [2.45, 2.75) is 11.4 Å². The van der Waals surface area contributed by atoms with E-state index in [4.69, 9.17) is 14.2 Å². The van der Waals surface area contributed by atoms with Gasteiger partial charge in [-0.2, -0.15) is 9.97 Å². The van der Waals surface area contributed by atoms with Crippen LogP contribution >= 0.6 is 23.9 Å². The SMILES string of the molecule is COC(=O)c1ccc(CNSC)cc1SNC(=O)Nc1nc(OC)cc(OC)n1. The van der Waals surface area contributed by atoms with Gasteiger partial charge in [0.2, 0.25) is 17.7 Å². The monoisotopic (exact) mass is 439 g/mol. The lowest BCUT2D eigenvalue weighted by atomic mass is 10.1. The smallest absolute Gasteiger partial charge is 0.339 e. The minimum atomic E-state index is -0.589. The number of anilines is 1. The third-order valence-electron chi connectivity index (χ3n) is 3.45. The molecule has 10 nitrogen and oxygen atoms in total. The van der Waals surface area contributed by atoms with Crippen molar-refractivity contribution in [2.75, 3.05) is 32.9 Å². The number of ether oxygens (including phenoxy) is 3. The van der Waals surface area contributed by atoms with Gasteiger partial charge in [-0.15, -0.1) is 0 Å². The van der Waals surface area contributed by atoms with Gasteiger partial charge in [-0.3, -0.25) is 14.8 Å². The Bertz CT molecular complexity index is 846. The maximum atomic E-state index is 12.3. The van der Waals surface area contributed by atoms with E-state index >= 15 is 0 Å². The van der Waals surface area contributed by atoms with E-state index < -0.39 is 12.0 Å². The van der Waals surface area contributed by atoms with Crippen molar-refractivity contribution < 1.29 is 23.8 Å². The number of hydrogen-bond acceptors (Lipinski definition) is 10. The molecule has 0 aliphatic heterocycles. The van der Waals surface area contributed by atoms with Gasteiger partial charge in [-0.05, 0) is 35.9 Å². The number of rotatable bonds is 9. The lowest BCUT2D eigenvalue weighted by molar-refractivity contribution is 0.0596. The lowest BCUT2D eigenvalue weighted by Crippen LogP contribution is -2.24. The molecule has 0 spiro atoms. The van der Waals surface area contributed by atoms with Gasteiger partial charge in [0.1, 0.15) is 0 Å². The number of benzene rings is 1. The molecular formula is C17H21N5O5S2. The van der Waals surface area contributed by atoms with Crippen LogP contribution in [0, 0.1) is 0 Å². The van der Waals surface area contributed by atoms with Crippen molar-refractivity contribution in [1.82, 2.24) is 19.4 Å². The van der Waals surface area contributed by atoms with Crippen LogP contribution in [0.25, 0.3) is 0 Å². The highest BCUT2D eigenvalue weighted by atomic mass is 32.2. The average Bonchev–Trinajstić information content (AvgIpc) is 2.75. The number of carbonyl (C=O) groups excluding carboxylic acids is 2. The number of methoxy groups -OCH3 is 3. The molecule has 0 atom stereocenters. The van der Waals surface area contributed by atoms with E-state index in [1.165, 1.54) is 39.3 Å². The van der Waals surface area contributed by atoms with Crippen LogP contribution in [-0.4, -0.2) is 49.6 Å². The molecule has 0 radical (unpaired) electrons. The van der Waals surface area contributed by atoms with Gasteiger partial charge < -0.3 is 14.2 Å². The Morgan fingerprint density at radius 2 is 1.76 bits per heavy atom. The van der Waals surface area contributed by atoms with Crippen molar-refractivity contribution in [3.05, 3.63) is 35.4 Å². The molecule has 156 valence electrons. The summed E-state index contributed by atoms with van der Waals surface area (Å²) >= 11 is 2.45. The van der Waals surface area contributed by atoms with Gasteiger partial charge in [-0.1, -0.05) is 18.0 Å². The zero-order valence-corrected chi connectivity index (χ0v) is 17.9. The Morgan fingerprint density at radius 3 is 2.34 bits per heavy atom. The Labute approximate surface area is 176 Å². The number of carbonyl (C=O) groups is 2. The average molecular weight is 440 g/mol. The van der Waals surface area contributed by atoms with Crippen LogP contribution in [0.4, 0.5) is 10.7 Å². The Morgan fingerprint density at radius 1 is 1.07 bits per heavy atom. The molecule has 0 fully saturated rings. The van der Waals surface area contributed by atoms with Crippen LogP contribution in [0.15, 0.2) is 29.2 Å². The number of hydrogen-bond donors (Lipinski definition) is 3. The molecule has 2 aromatic rings. The molecule has 0 aliphatic rings. The summed E-state index contributed by atoms with van der Waals surface area (Å²) in [7, 11) is 4.18. The molecule has 1 aromatic heterocycles. The summed E-state index contributed by atoms with van der Waals surface area (Å²) in [5.74, 6) is -0.0195. The third kappa shape index (κ3) is 6.69. The molecule has 0 saturated heterocycles. The van der Waals surface area contributed by atoms with E-state index in [9.17, 15) is 9.59 Å². The van der Waals surface area contributed by atoms with E-state index in [1.807, 2.05) is 12.3 Å². The maximum absolute atomic E-state index is 12.3. The summed E-state index contributed by atoms with van der Waals surface area (Å²) in [4.78, 5) is 32.8. The maximum Gasteiger partial charge on any atom is 0.339 e. The number of nitrogens with one attached hydrogen (secondary N) is 3. The highest BCUT2D eigenvalue weighted by molar-refractivity contribution is 7.98. The molecule has 1 aromatic carbocycles. The molecule has 0 bridgehead atoms. The molecule has 1 heterocycles. The van der Waals surface area contributed by atoms with Gasteiger partial charge in [0, 0.05) is 11.4 Å². The van der Waals surface area contributed by atoms with E-state index in [0.717, 1.165) is 17.5 Å². The summed E-state index contributed by atoms with van der Waals surface area (Å²) < 4.78 is 20.6. The van der Waals surface area contributed by atoms with E-state index in [2.05, 4.69) is 24.7 Å². The molecule has 2 rings (SSSR count). The van der Waals surface area contributed by atoms with Gasteiger partial charge in [0.05, 0.1) is 33.0 Å². The zero-order chi connectivity index (χ0) is 21.2. The number of amides is 2. The topological polar surface area (TPSA) is 124 Å². The predicted molar refractivity (Wildman–Crippen MR) is 111 cm³/mol. The summed E-state index contributed by atoms with van der Waals surface area (Å²) in [5, 5.41) is 2.49. The van der Waals surface area contributed by atoms with Crippen molar-refractivity contribution >= 4 is 41.8 Å². The second kappa shape index (κ2) is 11.3. The van der Waals surface area contributed by atoms with Crippen molar-refractivity contribution in [2.24, 2.45) is 0 Å². The van der Waals surface area contributed by atoms with Crippen LogP contribution in [0.1, 0.15) is 15.9 Å². The molecule has 0 saturated carbocycles. The van der Waals surface area contributed by atoms with Crippen LogP contribution < -0.4 is 24.2 Å². The van der Waals surface area contributed by atoms with Crippen LogP contribution in [-0.2, 0) is 11.3 Å². The van der Waals surface area contributed by atoms with E-state index in [1.54, 1.807) is 12.1 Å². The van der Waals surface area contributed by atoms with Crippen molar-refractivity contribution in [1.29, 1.82) is 0 Å². The fraction of sp³-hybridized carbons (Fsp3) is 0.294. The second-order valence-corrected chi connectivity index (χ2v) is 6.83. The second-order valence-electron chi connectivity index (χ2n) is 5.28. The first-order valence-electron chi connectivity index (χ1n) is 8.18. The highest BCUT2D eigenvalue weighted by Crippen LogP contribution is 2.24. The summed E-state index contributed by atoms with van der Waals surface area (Å²) in [6, 6.07) is 6.16. The van der Waals surface area contributed by atoms with E-state index in [-0.39, 0.29) is 17.7 Å². The zero-order valence-electron chi connectivity index (χ0n) is 16.3. The Hall–Kier alpha value is -2.70. The molecule has 0 aliphatic carbocycles. The molecule has 2 amide bonds. The fourth-order valence-corrected chi connectivity index (χ4v) is 3.13.